The first-order chi connectivity index (χ1) is 14.1. The van der Waals surface area contributed by atoms with E-state index in [0.717, 1.165) is 0 Å². The standard InChI is InChI=1S/C15H18F4O10S2/c16-14(17,30-29-28-22)10(20)26-7-12-2-8-1-9(3-12)5-13(4-8,6-12)27-11(21)15(18,19)31(23,24)25/h8-9,22H,1-7H2,(H,23,24,25)/p-2. The summed E-state index contributed by atoms with van der Waals surface area (Å²) in [5, 5.41) is 2.88. The molecule has 0 radical (unpaired) electrons. The van der Waals surface area contributed by atoms with Crippen LogP contribution in [0.15, 0.2) is 0 Å². The molecule has 4 rings (SSSR count). The van der Waals surface area contributed by atoms with Crippen LogP contribution in [-0.2, 0) is 38.6 Å². The van der Waals surface area contributed by atoms with E-state index in [1.807, 2.05) is 0 Å². The molecule has 4 bridgehead atoms. The van der Waals surface area contributed by atoms with Crippen LogP contribution in [0.1, 0.15) is 38.5 Å². The van der Waals surface area contributed by atoms with E-state index in [1.54, 1.807) is 0 Å². The molecule has 0 aromatic carbocycles. The molecule has 0 aromatic heterocycles. The topological polar surface area (TPSA) is 151 Å². The Morgan fingerprint density at radius 1 is 1.06 bits per heavy atom. The van der Waals surface area contributed by atoms with Gasteiger partial charge in [-0.15, -0.1) is 0 Å². The number of hydrogen-bond acceptors (Lipinski definition) is 11. The molecular formula is C15H16F4O10S2-2. The SMILES string of the molecule is O=C(OCC12CC3CC(C1)CC(OC(=O)C(F)(F)S(=O)(=O)[O-])(C3)C2)C(F)(F)SOO[O-]. The van der Waals surface area contributed by atoms with E-state index in [4.69, 9.17) is 4.74 Å². The van der Waals surface area contributed by atoms with E-state index in [1.165, 1.54) is 0 Å². The maximum atomic E-state index is 13.6. The first-order valence-corrected chi connectivity index (χ1v) is 11.0. The monoisotopic (exact) mass is 496 g/mol. The van der Waals surface area contributed by atoms with Crippen molar-refractivity contribution < 1.29 is 64.2 Å². The lowest BCUT2D eigenvalue weighted by Crippen LogP contribution is -2.60. The number of rotatable bonds is 9. The first kappa shape index (κ1) is 24.4. The maximum Gasteiger partial charge on any atom is 0.428 e. The molecule has 2 unspecified atom stereocenters. The zero-order valence-electron chi connectivity index (χ0n) is 15.5. The highest BCUT2D eigenvalue weighted by molar-refractivity contribution is 7.96. The van der Waals surface area contributed by atoms with Crippen molar-refractivity contribution in [3.8, 4) is 0 Å². The zero-order valence-corrected chi connectivity index (χ0v) is 17.1. The average molecular weight is 496 g/mol. The van der Waals surface area contributed by atoms with Crippen molar-refractivity contribution in [2.75, 3.05) is 6.61 Å². The summed E-state index contributed by atoms with van der Waals surface area (Å²) in [6.45, 7) is -0.553. The normalized spacial score (nSPS) is 32.7. The van der Waals surface area contributed by atoms with Crippen molar-refractivity contribution in [1.82, 2.24) is 0 Å². The van der Waals surface area contributed by atoms with Gasteiger partial charge in [-0.25, -0.2) is 18.0 Å². The minimum Gasteiger partial charge on any atom is -0.743 e. The van der Waals surface area contributed by atoms with E-state index in [0.29, 0.717) is 19.3 Å². The van der Waals surface area contributed by atoms with Gasteiger partial charge in [0.15, 0.2) is 10.1 Å². The van der Waals surface area contributed by atoms with Crippen molar-refractivity contribution in [3.05, 3.63) is 0 Å². The fourth-order valence-electron chi connectivity index (χ4n) is 5.40. The second kappa shape index (κ2) is 7.98. The van der Waals surface area contributed by atoms with E-state index < -0.39 is 62.2 Å². The van der Waals surface area contributed by atoms with E-state index >= 15 is 0 Å². The molecule has 0 spiro atoms. The van der Waals surface area contributed by atoms with Gasteiger partial charge in [-0.2, -0.15) is 21.9 Å². The smallest absolute Gasteiger partial charge is 0.428 e. The van der Waals surface area contributed by atoms with Gasteiger partial charge < -0.3 is 19.3 Å². The Morgan fingerprint density at radius 2 is 1.65 bits per heavy atom. The molecule has 4 saturated carbocycles. The highest BCUT2D eigenvalue weighted by atomic mass is 32.2. The third-order valence-corrected chi connectivity index (χ3v) is 7.20. The highest BCUT2D eigenvalue weighted by Gasteiger charge is 2.62. The van der Waals surface area contributed by atoms with Crippen LogP contribution in [0, 0.1) is 17.3 Å². The van der Waals surface area contributed by atoms with Crippen LogP contribution in [0.2, 0.25) is 0 Å². The Bertz CT molecular complexity index is 835. The van der Waals surface area contributed by atoms with Crippen molar-refractivity contribution in [2.24, 2.45) is 17.3 Å². The lowest BCUT2D eigenvalue weighted by Gasteiger charge is -2.60. The second-order valence-corrected chi connectivity index (χ2v) is 10.6. The highest BCUT2D eigenvalue weighted by Crippen LogP contribution is 2.63. The quantitative estimate of drug-likeness (QED) is 0.112. The Balaban J connectivity index is 1.73. The summed E-state index contributed by atoms with van der Waals surface area (Å²) >= 11 is -0.865. The molecule has 0 heterocycles. The van der Waals surface area contributed by atoms with E-state index in [2.05, 4.69) is 14.1 Å². The van der Waals surface area contributed by atoms with Crippen LogP contribution < -0.4 is 5.26 Å². The van der Waals surface area contributed by atoms with Crippen LogP contribution in [0.5, 0.6) is 0 Å². The van der Waals surface area contributed by atoms with Gasteiger partial charge in [0.25, 0.3) is 0 Å². The third-order valence-electron chi connectivity index (χ3n) is 5.90. The lowest BCUT2D eigenvalue weighted by molar-refractivity contribution is -0.777. The summed E-state index contributed by atoms with van der Waals surface area (Å²) in [5.41, 5.74) is -2.50. The Hall–Kier alpha value is -1.20. The minimum absolute atomic E-state index is 0.126. The van der Waals surface area contributed by atoms with Gasteiger partial charge in [0.1, 0.15) is 17.6 Å². The van der Waals surface area contributed by atoms with Gasteiger partial charge in [0.2, 0.25) is 0 Å². The van der Waals surface area contributed by atoms with E-state index in [9.17, 15) is 45.4 Å². The number of ether oxygens (including phenoxy) is 2. The number of alkyl halides is 4. The van der Waals surface area contributed by atoms with Gasteiger partial charge in [-0.1, -0.05) is 0 Å². The Morgan fingerprint density at radius 3 is 2.16 bits per heavy atom. The summed E-state index contributed by atoms with van der Waals surface area (Å²) in [4.78, 5) is 23.5. The van der Waals surface area contributed by atoms with Gasteiger partial charge in [0, 0.05) is 5.41 Å². The fourth-order valence-corrected chi connectivity index (χ4v) is 5.89. The average Bonchev–Trinajstić information content (AvgIpc) is 2.62. The summed E-state index contributed by atoms with van der Waals surface area (Å²) in [6, 6.07) is 0. The molecule has 0 aromatic rings. The Kier molecular flexibility index (Phi) is 6.30. The molecule has 0 saturated heterocycles. The van der Waals surface area contributed by atoms with Gasteiger partial charge >= 0.3 is 22.4 Å². The second-order valence-electron chi connectivity index (χ2n) is 8.32. The molecule has 0 N–H and O–H groups in total. The fraction of sp³-hybridized carbons (Fsp3) is 0.867. The predicted octanol–water partition coefficient (Wildman–Crippen LogP) is 1.01. The number of halogens is 4. The van der Waals surface area contributed by atoms with E-state index in [-0.39, 0.29) is 31.1 Å². The minimum atomic E-state index is -6.30. The van der Waals surface area contributed by atoms with Crippen molar-refractivity contribution in [2.45, 2.75) is 54.6 Å². The van der Waals surface area contributed by atoms with Crippen molar-refractivity contribution in [1.29, 1.82) is 0 Å². The number of carbonyl (C=O) groups is 2. The maximum absolute atomic E-state index is 13.6. The Labute approximate surface area is 177 Å². The van der Waals surface area contributed by atoms with Crippen molar-refractivity contribution >= 4 is 34.1 Å². The molecule has 31 heavy (non-hydrogen) atoms. The van der Waals surface area contributed by atoms with Crippen LogP contribution in [0.4, 0.5) is 17.6 Å². The van der Waals surface area contributed by atoms with Crippen LogP contribution >= 0.6 is 12.0 Å². The molecule has 4 aliphatic rings. The van der Waals surface area contributed by atoms with Crippen LogP contribution in [-0.4, -0.2) is 47.6 Å². The molecule has 10 nitrogen and oxygen atoms in total. The predicted molar refractivity (Wildman–Crippen MR) is 86.2 cm³/mol. The van der Waals surface area contributed by atoms with Gasteiger partial charge in [-0.05, 0) is 50.4 Å². The third kappa shape index (κ3) is 4.78. The van der Waals surface area contributed by atoms with Gasteiger partial charge in [-0.3, -0.25) is 5.04 Å². The first-order valence-electron chi connectivity index (χ1n) is 8.90. The summed E-state index contributed by atoms with van der Waals surface area (Å²) in [7, 11) is -6.30. The summed E-state index contributed by atoms with van der Waals surface area (Å²) in [6.07, 6.45) is 1.52. The summed E-state index contributed by atoms with van der Waals surface area (Å²) in [5.74, 6) is -4.86. The molecule has 4 fully saturated rings. The van der Waals surface area contributed by atoms with Crippen molar-refractivity contribution in [3.63, 3.8) is 0 Å². The molecule has 0 aliphatic heterocycles. The molecule has 2 atom stereocenters. The molecular weight excluding hydrogens is 480 g/mol. The lowest BCUT2D eigenvalue weighted by atomic mass is 9.48. The molecule has 178 valence electrons. The summed E-state index contributed by atoms with van der Waals surface area (Å²) < 4.78 is 99.5. The number of hydrogen-bond donors (Lipinski definition) is 0. The van der Waals surface area contributed by atoms with Gasteiger partial charge in [0.05, 0.1) is 6.61 Å². The number of esters is 2. The van der Waals surface area contributed by atoms with Crippen LogP contribution in [0.3, 0.4) is 0 Å². The number of carbonyl (C=O) groups excluding carboxylic acids is 2. The molecule has 0 amide bonds. The zero-order chi connectivity index (χ0) is 23.3. The molecule has 16 heteroatoms. The largest absolute Gasteiger partial charge is 0.743 e. The molecule has 4 aliphatic carbocycles. The van der Waals surface area contributed by atoms with Crippen LogP contribution in [0.25, 0.3) is 0 Å².